The number of hydrogen-bond donors (Lipinski definition) is 0. The van der Waals surface area contributed by atoms with Crippen molar-refractivity contribution in [2.24, 2.45) is 0 Å². The highest BCUT2D eigenvalue weighted by atomic mass is 16.6. The fraction of sp³-hybridized carbons (Fsp3) is 0.700. The van der Waals surface area contributed by atoms with Gasteiger partial charge in [-0.15, -0.1) is 0 Å². The predicted molar refractivity (Wildman–Crippen MR) is 330 cm³/mol. The molecule has 0 bridgehead atoms. The van der Waals surface area contributed by atoms with Gasteiger partial charge in [0, 0.05) is 19.3 Å². The number of hydrogen-bond acceptors (Lipinski definition) is 6. The molecule has 0 heterocycles. The maximum absolute atomic E-state index is 12.9. The van der Waals surface area contributed by atoms with Crippen molar-refractivity contribution in [2.45, 2.75) is 303 Å². The van der Waals surface area contributed by atoms with Crippen molar-refractivity contribution >= 4 is 17.9 Å². The molecule has 0 aromatic rings. The Morgan fingerprint density at radius 1 is 0.276 bits per heavy atom. The van der Waals surface area contributed by atoms with Gasteiger partial charge in [-0.2, -0.15) is 0 Å². The number of esters is 3. The number of unbranched alkanes of at least 4 members (excludes halogenated alkanes) is 28. The lowest BCUT2D eigenvalue weighted by Gasteiger charge is -2.18. The van der Waals surface area contributed by atoms with Crippen LogP contribution < -0.4 is 0 Å². The zero-order valence-corrected chi connectivity index (χ0v) is 49.7. The minimum Gasteiger partial charge on any atom is -0.462 e. The molecule has 434 valence electrons. The third-order valence-corrected chi connectivity index (χ3v) is 13.5. The number of ether oxygens (including phenoxy) is 3. The highest BCUT2D eigenvalue weighted by molar-refractivity contribution is 5.71. The van der Waals surface area contributed by atoms with E-state index in [2.05, 4.69) is 124 Å². The van der Waals surface area contributed by atoms with Crippen LogP contribution >= 0.6 is 0 Å². The van der Waals surface area contributed by atoms with Gasteiger partial charge in [-0.1, -0.05) is 271 Å². The van der Waals surface area contributed by atoms with Crippen molar-refractivity contribution in [1.29, 1.82) is 0 Å². The predicted octanol–water partition coefficient (Wildman–Crippen LogP) is 21.8. The minimum atomic E-state index is -0.814. The third-order valence-electron chi connectivity index (χ3n) is 13.5. The Balaban J connectivity index is 4.34. The molecule has 0 radical (unpaired) electrons. The molecule has 76 heavy (non-hydrogen) atoms. The van der Waals surface area contributed by atoms with Crippen LogP contribution in [0.15, 0.2) is 109 Å². The summed E-state index contributed by atoms with van der Waals surface area (Å²) in [4.78, 5) is 38.2. The van der Waals surface area contributed by atoms with Gasteiger partial charge >= 0.3 is 17.9 Å². The van der Waals surface area contributed by atoms with Crippen LogP contribution in [-0.4, -0.2) is 37.2 Å². The third kappa shape index (κ3) is 60.9. The Labute approximate surface area is 470 Å². The van der Waals surface area contributed by atoms with E-state index in [4.69, 9.17) is 14.2 Å². The molecular weight excluding hydrogens is 937 g/mol. The summed E-state index contributed by atoms with van der Waals surface area (Å²) < 4.78 is 16.8. The van der Waals surface area contributed by atoms with E-state index in [0.29, 0.717) is 19.3 Å². The SMILES string of the molecule is CC/C=C\C/C=C\C/C=C\C/C=C\CCC(=O)OCC(COC(=O)CCCCCCCCCCCCCC/C=C\C/C=C\C/C=C\CCCCCCC)OC(=O)CCCCCCCCC/C=C\C/C=C\CCCCCC. The normalized spacial score (nSPS) is 12.8. The second-order valence-electron chi connectivity index (χ2n) is 20.9. The average molecular weight is 1060 g/mol. The summed E-state index contributed by atoms with van der Waals surface area (Å²) in [5.74, 6) is -0.994. The quantitative estimate of drug-likeness (QED) is 0.0261. The van der Waals surface area contributed by atoms with E-state index in [0.717, 1.165) is 89.9 Å². The number of carbonyl (C=O) groups excluding carboxylic acids is 3. The number of rotatable bonds is 57. The molecule has 0 aliphatic carbocycles. The van der Waals surface area contributed by atoms with E-state index < -0.39 is 6.10 Å². The molecule has 0 saturated carbocycles. The first-order valence-electron chi connectivity index (χ1n) is 31.9. The van der Waals surface area contributed by atoms with E-state index in [1.165, 1.54) is 161 Å². The van der Waals surface area contributed by atoms with Crippen LogP contribution in [0.5, 0.6) is 0 Å². The Bertz CT molecular complexity index is 1540. The number of allylic oxidation sites excluding steroid dienone is 18. The van der Waals surface area contributed by atoms with E-state index >= 15 is 0 Å². The average Bonchev–Trinajstić information content (AvgIpc) is 3.42. The second kappa shape index (κ2) is 63.6. The fourth-order valence-corrected chi connectivity index (χ4v) is 8.73. The summed E-state index contributed by atoms with van der Waals surface area (Å²) in [5, 5.41) is 0. The van der Waals surface area contributed by atoms with Gasteiger partial charge in [0.25, 0.3) is 0 Å². The van der Waals surface area contributed by atoms with Crippen molar-refractivity contribution in [3.63, 3.8) is 0 Å². The molecule has 6 heteroatoms. The molecule has 0 rings (SSSR count). The summed E-state index contributed by atoms with van der Waals surface area (Å²) >= 11 is 0. The van der Waals surface area contributed by atoms with Gasteiger partial charge in [0.05, 0.1) is 0 Å². The molecule has 0 spiro atoms. The Morgan fingerprint density at radius 3 is 0.895 bits per heavy atom. The highest BCUT2D eigenvalue weighted by Gasteiger charge is 2.19. The first-order valence-corrected chi connectivity index (χ1v) is 31.9. The maximum Gasteiger partial charge on any atom is 0.306 e. The molecule has 0 aliphatic rings. The van der Waals surface area contributed by atoms with Crippen LogP contribution in [0.4, 0.5) is 0 Å². The second-order valence-corrected chi connectivity index (χ2v) is 20.9. The van der Waals surface area contributed by atoms with Crippen LogP contribution in [0.1, 0.15) is 297 Å². The van der Waals surface area contributed by atoms with E-state index in [1.54, 1.807) is 0 Å². The maximum atomic E-state index is 12.9. The molecule has 0 aromatic heterocycles. The lowest BCUT2D eigenvalue weighted by atomic mass is 10.0. The Kier molecular flexibility index (Phi) is 60.3. The van der Waals surface area contributed by atoms with Gasteiger partial charge in [-0.3, -0.25) is 14.4 Å². The van der Waals surface area contributed by atoms with E-state index in [-0.39, 0.29) is 37.5 Å². The summed E-state index contributed by atoms with van der Waals surface area (Å²) in [5.41, 5.74) is 0. The van der Waals surface area contributed by atoms with Gasteiger partial charge in [-0.05, 0) is 116 Å². The molecule has 6 nitrogen and oxygen atoms in total. The first kappa shape index (κ1) is 72.1. The fourth-order valence-electron chi connectivity index (χ4n) is 8.73. The van der Waals surface area contributed by atoms with Crippen molar-refractivity contribution in [3.05, 3.63) is 109 Å². The molecule has 0 saturated heterocycles. The molecule has 0 N–H and O–H groups in total. The van der Waals surface area contributed by atoms with E-state index in [1.807, 2.05) is 6.08 Å². The molecular formula is C70H118O6. The number of carbonyl (C=O) groups is 3. The van der Waals surface area contributed by atoms with Crippen molar-refractivity contribution in [3.8, 4) is 0 Å². The smallest absolute Gasteiger partial charge is 0.306 e. The van der Waals surface area contributed by atoms with Crippen LogP contribution in [0, 0.1) is 0 Å². The van der Waals surface area contributed by atoms with Gasteiger partial charge < -0.3 is 14.2 Å². The molecule has 0 aliphatic heterocycles. The molecule has 0 aromatic carbocycles. The van der Waals surface area contributed by atoms with E-state index in [9.17, 15) is 14.4 Å². The molecule has 0 fully saturated rings. The van der Waals surface area contributed by atoms with Crippen molar-refractivity contribution < 1.29 is 28.6 Å². The largest absolute Gasteiger partial charge is 0.462 e. The zero-order valence-electron chi connectivity index (χ0n) is 49.7. The Hall–Kier alpha value is -3.93. The molecule has 0 amide bonds. The summed E-state index contributed by atoms with van der Waals surface area (Å²) in [7, 11) is 0. The first-order chi connectivity index (χ1) is 37.5. The lowest BCUT2D eigenvalue weighted by Crippen LogP contribution is -2.30. The van der Waals surface area contributed by atoms with Crippen LogP contribution in [0.3, 0.4) is 0 Å². The molecule has 1 unspecified atom stereocenters. The van der Waals surface area contributed by atoms with Crippen LogP contribution in [0.25, 0.3) is 0 Å². The van der Waals surface area contributed by atoms with Gasteiger partial charge in [-0.25, -0.2) is 0 Å². The van der Waals surface area contributed by atoms with Crippen LogP contribution in [-0.2, 0) is 28.6 Å². The monoisotopic (exact) mass is 1050 g/mol. The van der Waals surface area contributed by atoms with Crippen LogP contribution in [0.2, 0.25) is 0 Å². The Morgan fingerprint density at radius 2 is 0.539 bits per heavy atom. The molecule has 1 atom stereocenters. The minimum absolute atomic E-state index is 0.105. The van der Waals surface area contributed by atoms with Crippen molar-refractivity contribution in [2.75, 3.05) is 13.2 Å². The topological polar surface area (TPSA) is 78.9 Å². The summed E-state index contributed by atoms with van der Waals surface area (Å²) in [6, 6.07) is 0. The summed E-state index contributed by atoms with van der Waals surface area (Å²) in [6.45, 7) is 6.44. The lowest BCUT2D eigenvalue weighted by molar-refractivity contribution is -0.166. The van der Waals surface area contributed by atoms with Gasteiger partial charge in [0.15, 0.2) is 6.10 Å². The summed E-state index contributed by atoms with van der Waals surface area (Å²) in [6.07, 6.45) is 86.8. The van der Waals surface area contributed by atoms with Gasteiger partial charge in [0.1, 0.15) is 13.2 Å². The zero-order chi connectivity index (χ0) is 55.0. The highest BCUT2D eigenvalue weighted by Crippen LogP contribution is 2.15. The van der Waals surface area contributed by atoms with Gasteiger partial charge in [0.2, 0.25) is 0 Å². The van der Waals surface area contributed by atoms with Crippen molar-refractivity contribution in [1.82, 2.24) is 0 Å². The standard InChI is InChI=1S/C70H118O6/c1-4-7-10-13-16-19-22-25-27-29-31-32-33-34-35-36-37-38-39-41-42-45-48-51-54-57-60-63-69(72)75-66-67(65-74-68(71)62-59-56-53-50-47-44-24-21-18-15-12-9-6-3)76-70(73)64-61-58-55-52-49-46-43-40-30-28-26-23-20-17-14-11-8-5-2/h9,12,18,20-23,25,28-31,33-34,44,47,53,56,67H,4-8,10-11,13-17,19,24,26-27,32,35-43,45-46,48-52,54-55,57-66H2,1-3H3/b12-9-,21-18-,23-20-,25-22-,30-28-,31-29-,34-33-,47-44-,56-53-.